The number of rotatable bonds is 5. The summed E-state index contributed by atoms with van der Waals surface area (Å²) in [6.45, 7) is 11.4. The summed E-state index contributed by atoms with van der Waals surface area (Å²) in [5, 5.41) is 7.88. The van der Waals surface area contributed by atoms with Crippen LogP contribution in [-0.4, -0.2) is 33.3 Å². The Hall–Kier alpha value is -1.75. The molecule has 2 heterocycles. The van der Waals surface area contributed by atoms with Gasteiger partial charge >= 0.3 is 0 Å². The van der Waals surface area contributed by atoms with Crippen LogP contribution in [0.4, 0.5) is 0 Å². The van der Waals surface area contributed by atoms with Crippen LogP contribution in [0.1, 0.15) is 35.3 Å². The Labute approximate surface area is 126 Å². The monoisotopic (exact) mass is 287 g/mol. The van der Waals surface area contributed by atoms with Crippen molar-refractivity contribution in [1.82, 2.24) is 25.1 Å². The van der Waals surface area contributed by atoms with Gasteiger partial charge in [0.2, 0.25) is 0 Å². The Morgan fingerprint density at radius 1 is 1.14 bits per heavy atom. The van der Waals surface area contributed by atoms with Gasteiger partial charge in [0.1, 0.15) is 0 Å². The van der Waals surface area contributed by atoms with Crippen molar-refractivity contribution in [3.05, 3.63) is 34.4 Å². The predicted octanol–water partition coefficient (Wildman–Crippen LogP) is 2.29. The van der Waals surface area contributed by atoms with Gasteiger partial charge in [-0.25, -0.2) is 14.6 Å². The summed E-state index contributed by atoms with van der Waals surface area (Å²) >= 11 is 0. The van der Waals surface area contributed by atoms with Crippen LogP contribution >= 0.6 is 0 Å². The highest BCUT2D eigenvalue weighted by Gasteiger charge is 2.16. The van der Waals surface area contributed by atoms with Crippen molar-refractivity contribution in [3.63, 3.8) is 0 Å². The van der Waals surface area contributed by atoms with Crippen LogP contribution in [0.15, 0.2) is 6.07 Å². The van der Waals surface area contributed by atoms with Crippen molar-refractivity contribution in [2.45, 2.75) is 41.0 Å². The van der Waals surface area contributed by atoms with Gasteiger partial charge in [0.15, 0.2) is 0 Å². The largest absolute Gasteiger partial charge is 0.319 e. The van der Waals surface area contributed by atoms with E-state index in [2.05, 4.69) is 41.2 Å². The Bertz CT molecular complexity index is 610. The van der Waals surface area contributed by atoms with Gasteiger partial charge in [0.25, 0.3) is 5.95 Å². The minimum Gasteiger partial charge on any atom is -0.319 e. The molecule has 5 heteroatoms. The Morgan fingerprint density at radius 3 is 2.33 bits per heavy atom. The second-order valence-electron chi connectivity index (χ2n) is 5.88. The van der Waals surface area contributed by atoms with Crippen LogP contribution in [0.3, 0.4) is 0 Å². The van der Waals surface area contributed by atoms with Crippen molar-refractivity contribution in [3.8, 4) is 5.95 Å². The van der Waals surface area contributed by atoms with E-state index in [0.717, 1.165) is 35.7 Å². The molecular formula is C16H25N5. The van der Waals surface area contributed by atoms with Gasteiger partial charge in [0, 0.05) is 17.1 Å². The molecule has 0 saturated carbocycles. The van der Waals surface area contributed by atoms with E-state index in [4.69, 9.17) is 0 Å². The van der Waals surface area contributed by atoms with Crippen LogP contribution in [-0.2, 0) is 6.42 Å². The Morgan fingerprint density at radius 2 is 1.76 bits per heavy atom. The lowest BCUT2D eigenvalue weighted by Gasteiger charge is -2.11. The average Bonchev–Trinajstić information content (AvgIpc) is 2.66. The van der Waals surface area contributed by atoms with E-state index in [9.17, 15) is 0 Å². The van der Waals surface area contributed by atoms with Gasteiger partial charge in [-0.1, -0.05) is 6.92 Å². The van der Waals surface area contributed by atoms with Crippen LogP contribution in [0.25, 0.3) is 5.95 Å². The first-order valence-electron chi connectivity index (χ1n) is 7.44. The first-order chi connectivity index (χ1) is 9.92. The van der Waals surface area contributed by atoms with Crippen molar-refractivity contribution >= 4 is 0 Å². The van der Waals surface area contributed by atoms with Gasteiger partial charge in [-0.3, -0.25) is 0 Å². The van der Waals surface area contributed by atoms with Crippen molar-refractivity contribution in [2.24, 2.45) is 5.92 Å². The van der Waals surface area contributed by atoms with E-state index in [1.807, 2.05) is 31.6 Å². The number of hydrogen-bond acceptors (Lipinski definition) is 4. The summed E-state index contributed by atoms with van der Waals surface area (Å²) in [6.07, 6.45) is 1.02. The van der Waals surface area contributed by atoms with Gasteiger partial charge in [-0.15, -0.1) is 0 Å². The van der Waals surface area contributed by atoms with Gasteiger partial charge < -0.3 is 5.32 Å². The van der Waals surface area contributed by atoms with E-state index in [1.54, 1.807) is 0 Å². The quantitative estimate of drug-likeness (QED) is 0.916. The number of nitrogens with one attached hydrogen (secondary N) is 1. The molecule has 0 bridgehead atoms. The molecule has 0 spiro atoms. The molecule has 1 atom stereocenters. The fourth-order valence-electron chi connectivity index (χ4n) is 2.74. The van der Waals surface area contributed by atoms with Gasteiger partial charge in [-0.2, -0.15) is 5.10 Å². The van der Waals surface area contributed by atoms with Crippen molar-refractivity contribution in [2.75, 3.05) is 13.6 Å². The minimum absolute atomic E-state index is 0.574. The van der Waals surface area contributed by atoms with E-state index >= 15 is 0 Å². The molecule has 5 nitrogen and oxygen atoms in total. The van der Waals surface area contributed by atoms with Crippen LogP contribution in [0.2, 0.25) is 0 Å². The molecule has 0 radical (unpaired) electrons. The second kappa shape index (κ2) is 6.35. The normalized spacial score (nSPS) is 12.7. The highest BCUT2D eigenvalue weighted by molar-refractivity contribution is 5.30. The van der Waals surface area contributed by atoms with E-state index in [0.29, 0.717) is 11.9 Å². The first-order valence-corrected chi connectivity index (χ1v) is 7.44. The lowest BCUT2D eigenvalue weighted by atomic mass is 10.00. The van der Waals surface area contributed by atoms with Crippen LogP contribution in [0, 0.1) is 33.6 Å². The molecule has 1 unspecified atom stereocenters. The SMILES string of the molecule is CNCC(C)Cc1c(C)nn(-c2nc(C)cc(C)n2)c1C. The minimum atomic E-state index is 0.574. The molecule has 0 aromatic carbocycles. The molecule has 0 fully saturated rings. The fraction of sp³-hybridized carbons (Fsp3) is 0.562. The molecule has 1 N–H and O–H groups in total. The molecule has 2 aromatic heterocycles. The maximum absolute atomic E-state index is 4.65. The number of aromatic nitrogens is 4. The maximum Gasteiger partial charge on any atom is 0.251 e. The Balaban J connectivity index is 2.38. The van der Waals surface area contributed by atoms with Crippen LogP contribution < -0.4 is 5.32 Å². The highest BCUT2D eigenvalue weighted by atomic mass is 15.4. The second-order valence-corrected chi connectivity index (χ2v) is 5.88. The first kappa shape index (κ1) is 15.6. The zero-order valence-electron chi connectivity index (χ0n) is 13.9. The Kier molecular flexibility index (Phi) is 4.73. The van der Waals surface area contributed by atoms with Gasteiger partial charge in [0.05, 0.1) is 5.69 Å². The molecule has 2 aromatic rings. The summed E-state index contributed by atoms with van der Waals surface area (Å²) in [4.78, 5) is 9.02. The summed E-state index contributed by atoms with van der Waals surface area (Å²) in [6, 6.07) is 1.98. The topological polar surface area (TPSA) is 55.6 Å². The third-order valence-corrected chi connectivity index (χ3v) is 3.71. The molecule has 2 rings (SSSR count). The van der Waals surface area contributed by atoms with E-state index < -0.39 is 0 Å². The van der Waals surface area contributed by atoms with E-state index in [-0.39, 0.29) is 0 Å². The predicted molar refractivity (Wildman–Crippen MR) is 84.9 cm³/mol. The number of hydrogen-bond donors (Lipinski definition) is 1. The van der Waals surface area contributed by atoms with E-state index in [1.165, 1.54) is 5.56 Å². The van der Waals surface area contributed by atoms with Crippen LogP contribution in [0.5, 0.6) is 0 Å². The average molecular weight is 287 g/mol. The standard InChI is InChI=1S/C16H25N5/c1-10(9-17-6)7-15-13(4)20-21(14(15)5)16-18-11(2)8-12(3)19-16/h8,10,17H,7,9H2,1-6H3. The smallest absolute Gasteiger partial charge is 0.251 e. The van der Waals surface area contributed by atoms with Gasteiger partial charge in [-0.05, 0) is 65.3 Å². The molecule has 114 valence electrons. The zero-order chi connectivity index (χ0) is 15.6. The lowest BCUT2D eigenvalue weighted by Crippen LogP contribution is -2.18. The molecule has 0 aliphatic heterocycles. The molecule has 21 heavy (non-hydrogen) atoms. The zero-order valence-corrected chi connectivity index (χ0v) is 13.9. The summed E-state index contributed by atoms with van der Waals surface area (Å²) in [5.41, 5.74) is 5.45. The summed E-state index contributed by atoms with van der Waals surface area (Å²) < 4.78 is 1.87. The number of aryl methyl sites for hydroxylation is 3. The summed E-state index contributed by atoms with van der Waals surface area (Å²) in [7, 11) is 1.99. The third kappa shape index (κ3) is 3.47. The number of nitrogens with zero attached hydrogens (tertiary/aromatic N) is 4. The summed E-state index contributed by atoms with van der Waals surface area (Å²) in [5.74, 6) is 1.24. The molecule has 0 saturated heterocycles. The molecule has 0 aliphatic rings. The molecule has 0 aliphatic carbocycles. The highest BCUT2D eigenvalue weighted by Crippen LogP contribution is 2.19. The van der Waals surface area contributed by atoms with Crippen molar-refractivity contribution in [1.29, 1.82) is 0 Å². The fourth-order valence-corrected chi connectivity index (χ4v) is 2.74. The molecule has 0 amide bonds. The third-order valence-electron chi connectivity index (χ3n) is 3.71. The molecular weight excluding hydrogens is 262 g/mol. The lowest BCUT2D eigenvalue weighted by molar-refractivity contribution is 0.539. The maximum atomic E-state index is 4.65. The van der Waals surface area contributed by atoms with Crippen molar-refractivity contribution < 1.29 is 0 Å².